The van der Waals surface area contributed by atoms with E-state index in [4.69, 9.17) is 0 Å². The summed E-state index contributed by atoms with van der Waals surface area (Å²) in [6.45, 7) is 0. The molecule has 5 heteroatoms. The molecule has 2 aliphatic carbocycles. The van der Waals surface area contributed by atoms with Crippen LogP contribution in [0.4, 0.5) is 0 Å². The molecule has 0 heterocycles. The highest BCUT2D eigenvalue weighted by atomic mass is 79.9. The summed E-state index contributed by atoms with van der Waals surface area (Å²) < 4.78 is 27.4. The van der Waals surface area contributed by atoms with Crippen molar-refractivity contribution >= 4 is 26.0 Å². The van der Waals surface area contributed by atoms with Gasteiger partial charge in [-0.2, -0.15) is 0 Å². The van der Waals surface area contributed by atoms with Gasteiger partial charge in [0.1, 0.15) is 0 Å². The first kappa shape index (κ1) is 12.8. The quantitative estimate of drug-likeness (QED) is 0.811. The van der Waals surface area contributed by atoms with Crippen molar-refractivity contribution in [2.75, 3.05) is 5.33 Å². The Hall–Kier alpha value is 0.390. The second-order valence-electron chi connectivity index (χ2n) is 5.17. The second-order valence-corrected chi connectivity index (χ2v) is 7.70. The number of halogens is 1. The zero-order chi connectivity index (χ0) is 11.6. The number of rotatable bonds is 4. The van der Waals surface area contributed by atoms with E-state index in [1.807, 2.05) is 0 Å². The molecule has 3 nitrogen and oxygen atoms in total. The van der Waals surface area contributed by atoms with Gasteiger partial charge in [0, 0.05) is 10.9 Å². The van der Waals surface area contributed by atoms with Crippen LogP contribution < -0.4 is 4.72 Å². The first-order valence-corrected chi connectivity index (χ1v) is 8.84. The molecule has 2 saturated carbocycles. The van der Waals surface area contributed by atoms with Gasteiger partial charge in [-0.05, 0) is 32.1 Å². The lowest BCUT2D eigenvalue weighted by Crippen LogP contribution is -2.56. The van der Waals surface area contributed by atoms with Gasteiger partial charge >= 0.3 is 0 Å². The van der Waals surface area contributed by atoms with E-state index >= 15 is 0 Å². The molecule has 1 N–H and O–H groups in total. The molecular weight excluding hydrogens is 290 g/mol. The molecule has 0 unspecified atom stereocenters. The Labute approximate surface area is 107 Å². The fourth-order valence-electron chi connectivity index (χ4n) is 2.63. The smallest absolute Gasteiger partial charge is 0.212 e. The maximum absolute atomic E-state index is 12.2. The van der Waals surface area contributed by atoms with Crippen molar-refractivity contribution < 1.29 is 8.42 Å². The zero-order valence-electron chi connectivity index (χ0n) is 9.54. The molecule has 0 radical (unpaired) electrons. The fraction of sp³-hybridized carbons (Fsp3) is 1.00. The van der Waals surface area contributed by atoms with Crippen LogP contribution in [-0.4, -0.2) is 24.5 Å². The molecule has 0 saturated heterocycles. The fourth-order valence-corrected chi connectivity index (χ4v) is 5.51. The summed E-state index contributed by atoms with van der Waals surface area (Å²) in [5.74, 6) is 0. The van der Waals surface area contributed by atoms with E-state index in [1.54, 1.807) is 0 Å². The Morgan fingerprint density at radius 1 is 1.12 bits per heavy atom. The second kappa shape index (κ2) is 4.94. The number of alkyl halides is 1. The molecule has 0 spiro atoms. The van der Waals surface area contributed by atoms with Gasteiger partial charge in [-0.15, -0.1) is 0 Å². The Morgan fingerprint density at radius 2 is 1.75 bits per heavy atom. The highest BCUT2D eigenvalue weighted by molar-refractivity contribution is 9.09. The maximum Gasteiger partial charge on any atom is 0.215 e. The average molecular weight is 310 g/mol. The van der Waals surface area contributed by atoms with Crippen molar-refractivity contribution in [2.45, 2.75) is 62.2 Å². The average Bonchev–Trinajstić information content (AvgIpc) is 2.25. The van der Waals surface area contributed by atoms with Gasteiger partial charge in [0.05, 0.1) is 5.25 Å². The van der Waals surface area contributed by atoms with Crippen LogP contribution in [0.1, 0.15) is 51.4 Å². The predicted molar refractivity (Wildman–Crippen MR) is 69.3 cm³/mol. The summed E-state index contributed by atoms with van der Waals surface area (Å²) in [4.78, 5) is 0. The van der Waals surface area contributed by atoms with Crippen LogP contribution in [0.3, 0.4) is 0 Å². The van der Waals surface area contributed by atoms with Crippen LogP contribution in [0.2, 0.25) is 0 Å². The summed E-state index contributed by atoms with van der Waals surface area (Å²) in [6.07, 6.45) is 8.09. The van der Waals surface area contributed by atoms with Gasteiger partial charge in [-0.3, -0.25) is 0 Å². The summed E-state index contributed by atoms with van der Waals surface area (Å²) >= 11 is 3.43. The van der Waals surface area contributed by atoms with Crippen molar-refractivity contribution in [2.24, 2.45) is 0 Å². The Balaban J connectivity index is 2.01. The summed E-state index contributed by atoms with van der Waals surface area (Å²) in [5, 5.41) is 0.601. The monoisotopic (exact) mass is 309 g/mol. The lowest BCUT2D eigenvalue weighted by molar-refractivity contribution is 0.254. The van der Waals surface area contributed by atoms with Crippen molar-refractivity contribution in [3.63, 3.8) is 0 Å². The van der Waals surface area contributed by atoms with E-state index < -0.39 is 10.0 Å². The van der Waals surface area contributed by atoms with Gasteiger partial charge in [0.2, 0.25) is 10.0 Å². The van der Waals surface area contributed by atoms with Gasteiger partial charge in [-0.25, -0.2) is 13.1 Å². The molecule has 0 aromatic heterocycles. The summed E-state index contributed by atoms with van der Waals surface area (Å²) in [5.41, 5.74) is -0.170. The van der Waals surface area contributed by atoms with Gasteiger partial charge in [0.15, 0.2) is 0 Å². The Kier molecular flexibility index (Phi) is 3.97. The van der Waals surface area contributed by atoms with Crippen LogP contribution in [0.5, 0.6) is 0 Å². The Bertz CT molecular complexity index is 326. The van der Waals surface area contributed by atoms with E-state index in [9.17, 15) is 8.42 Å². The predicted octanol–water partition coefficient (Wildman–Crippen LogP) is 2.56. The third-order valence-electron chi connectivity index (χ3n) is 3.92. The van der Waals surface area contributed by atoms with E-state index in [-0.39, 0.29) is 10.8 Å². The lowest BCUT2D eigenvalue weighted by atomic mass is 9.80. The SMILES string of the molecule is O=S(=O)(NC1(CBr)CCC1)C1CCCCC1. The zero-order valence-corrected chi connectivity index (χ0v) is 11.9. The number of hydrogen-bond donors (Lipinski definition) is 1. The van der Waals surface area contributed by atoms with Gasteiger partial charge in [0.25, 0.3) is 0 Å². The molecule has 0 amide bonds. The molecule has 0 aromatic rings. The third-order valence-corrected chi connectivity index (χ3v) is 7.06. The third kappa shape index (κ3) is 2.62. The van der Waals surface area contributed by atoms with Crippen LogP contribution in [0, 0.1) is 0 Å². The summed E-state index contributed by atoms with van der Waals surface area (Å²) in [7, 11) is -3.09. The van der Waals surface area contributed by atoms with Crippen LogP contribution in [0.15, 0.2) is 0 Å². The topological polar surface area (TPSA) is 46.2 Å². The van der Waals surface area contributed by atoms with Gasteiger partial charge < -0.3 is 0 Å². The molecular formula is C11H20BrNO2S. The molecule has 94 valence electrons. The van der Waals surface area contributed by atoms with Crippen LogP contribution in [-0.2, 0) is 10.0 Å². The van der Waals surface area contributed by atoms with E-state index in [1.165, 1.54) is 6.42 Å². The normalized spacial score (nSPS) is 26.3. The van der Waals surface area contributed by atoms with Crippen molar-refractivity contribution in [1.29, 1.82) is 0 Å². The highest BCUT2D eigenvalue weighted by Crippen LogP contribution is 2.35. The minimum Gasteiger partial charge on any atom is -0.212 e. The molecule has 2 aliphatic rings. The molecule has 0 bridgehead atoms. The van der Waals surface area contributed by atoms with E-state index in [0.717, 1.165) is 50.3 Å². The minimum absolute atomic E-state index is 0.141. The first-order chi connectivity index (χ1) is 7.58. The van der Waals surface area contributed by atoms with Crippen LogP contribution >= 0.6 is 15.9 Å². The molecule has 0 aromatic carbocycles. The Morgan fingerprint density at radius 3 is 2.19 bits per heavy atom. The van der Waals surface area contributed by atoms with Crippen molar-refractivity contribution in [3.05, 3.63) is 0 Å². The van der Waals surface area contributed by atoms with E-state index in [2.05, 4.69) is 20.7 Å². The first-order valence-electron chi connectivity index (χ1n) is 6.17. The molecule has 0 atom stereocenters. The maximum atomic E-state index is 12.2. The number of hydrogen-bond acceptors (Lipinski definition) is 2. The molecule has 16 heavy (non-hydrogen) atoms. The molecule has 2 fully saturated rings. The summed E-state index contributed by atoms with van der Waals surface area (Å²) in [6, 6.07) is 0. The molecule has 2 rings (SSSR count). The lowest BCUT2D eigenvalue weighted by Gasteiger charge is -2.42. The number of sulfonamides is 1. The number of nitrogens with one attached hydrogen (secondary N) is 1. The largest absolute Gasteiger partial charge is 0.215 e. The van der Waals surface area contributed by atoms with E-state index in [0.29, 0.717) is 0 Å². The minimum atomic E-state index is -3.09. The van der Waals surface area contributed by atoms with Gasteiger partial charge in [-0.1, -0.05) is 35.2 Å². The van der Waals surface area contributed by atoms with Crippen molar-refractivity contribution in [1.82, 2.24) is 4.72 Å². The van der Waals surface area contributed by atoms with Crippen molar-refractivity contribution in [3.8, 4) is 0 Å². The molecule has 0 aliphatic heterocycles. The standard InChI is InChI=1S/C11H20BrNO2S/c12-9-11(7-4-8-11)13-16(14,15)10-5-2-1-3-6-10/h10,13H,1-9H2. The highest BCUT2D eigenvalue weighted by Gasteiger charge is 2.41. The van der Waals surface area contributed by atoms with Crippen LogP contribution in [0.25, 0.3) is 0 Å².